The fourth-order valence-electron chi connectivity index (χ4n) is 4.37. The predicted molar refractivity (Wildman–Crippen MR) is 112 cm³/mol. The highest BCUT2D eigenvalue weighted by molar-refractivity contribution is 6.31. The first-order valence-electron chi connectivity index (χ1n) is 9.61. The number of para-hydroxylation sites is 1. The molecule has 2 aliphatic rings. The maximum Gasteiger partial charge on any atom is 0.271 e. The van der Waals surface area contributed by atoms with Gasteiger partial charge in [0, 0.05) is 29.6 Å². The van der Waals surface area contributed by atoms with E-state index in [9.17, 15) is 14.4 Å². The van der Waals surface area contributed by atoms with Crippen LogP contribution in [0.4, 0.5) is 11.4 Å². The third kappa shape index (κ3) is 2.74. The second-order valence-corrected chi connectivity index (χ2v) is 8.11. The third-order valence-corrected chi connectivity index (χ3v) is 6.10. The fourth-order valence-corrected chi connectivity index (χ4v) is 4.55. The first-order valence-corrected chi connectivity index (χ1v) is 9.99. The van der Waals surface area contributed by atoms with E-state index in [2.05, 4.69) is 5.32 Å². The van der Waals surface area contributed by atoms with E-state index in [1.807, 2.05) is 20.8 Å². The van der Waals surface area contributed by atoms with Crippen LogP contribution in [0.15, 0.2) is 42.5 Å². The Morgan fingerprint density at radius 3 is 2.59 bits per heavy atom. The summed E-state index contributed by atoms with van der Waals surface area (Å²) >= 11 is 6.20. The van der Waals surface area contributed by atoms with Crippen LogP contribution in [0.3, 0.4) is 0 Å². The highest BCUT2D eigenvalue weighted by atomic mass is 35.5. The summed E-state index contributed by atoms with van der Waals surface area (Å²) in [5, 5.41) is 3.46. The number of hydrogen-bond acceptors (Lipinski definition) is 3. The van der Waals surface area contributed by atoms with Crippen molar-refractivity contribution >= 4 is 40.7 Å². The monoisotopic (exact) mass is 411 g/mol. The minimum absolute atomic E-state index is 0.173. The van der Waals surface area contributed by atoms with E-state index in [1.54, 1.807) is 42.5 Å². The maximum absolute atomic E-state index is 13.7. The van der Waals surface area contributed by atoms with Gasteiger partial charge in [-0.15, -0.1) is 0 Å². The van der Waals surface area contributed by atoms with E-state index in [0.29, 0.717) is 22.0 Å². The smallest absolute Gasteiger partial charge is 0.271 e. The van der Waals surface area contributed by atoms with Gasteiger partial charge >= 0.3 is 0 Å². The third-order valence-electron chi connectivity index (χ3n) is 5.70. The van der Waals surface area contributed by atoms with Gasteiger partial charge < -0.3 is 10.2 Å². The second-order valence-electron chi connectivity index (χ2n) is 7.70. The zero-order valence-electron chi connectivity index (χ0n) is 16.5. The highest BCUT2D eigenvalue weighted by Gasteiger charge is 2.61. The largest absolute Gasteiger partial charge is 0.322 e. The summed E-state index contributed by atoms with van der Waals surface area (Å²) in [6.45, 7) is 5.52. The van der Waals surface area contributed by atoms with Crippen molar-refractivity contribution in [3.05, 3.63) is 58.6 Å². The second kappa shape index (κ2) is 6.88. The number of nitrogens with one attached hydrogen (secondary N) is 1. The molecular weight excluding hydrogens is 390 g/mol. The first kappa shape index (κ1) is 19.5. The lowest BCUT2D eigenvalue weighted by molar-refractivity contribution is -0.129. The highest BCUT2D eigenvalue weighted by Crippen LogP contribution is 2.46. The molecule has 6 nitrogen and oxygen atoms in total. The average Bonchev–Trinajstić information content (AvgIpc) is 3.03. The number of rotatable bonds is 3. The van der Waals surface area contributed by atoms with E-state index in [4.69, 9.17) is 11.6 Å². The van der Waals surface area contributed by atoms with Crippen molar-refractivity contribution in [1.29, 1.82) is 0 Å². The Bertz CT molecular complexity index is 1040. The molecule has 2 aromatic rings. The summed E-state index contributed by atoms with van der Waals surface area (Å²) in [6.07, 6.45) is 0.419. The van der Waals surface area contributed by atoms with Crippen LogP contribution in [0.5, 0.6) is 0 Å². The Labute approximate surface area is 174 Å². The molecule has 0 unspecified atom stereocenters. The predicted octanol–water partition coefficient (Wildman–Crippen LogP) is 3.97. The summed E-state index contributed by atoms with van der Waals surface area (Å²) in [5.74, 6) is -0.835. The number of halogens is 1. The molecular formula is C22H22ClN3O3. The van der Waals surface area contributed by atoms with Crippen LogP contribution in [0.1, 0.15) is 42.6 Å². The van der Waals surface area contributed by atoms with Crippen molar-refractivity contribution in [2.75, 3.05) is 10.2 Å². The Hall–Kier alpha value is -2.86. The molecule has 0 spiro atoms. The number of anilines is 2. The van der Waals surface area contributed by atoms with E-state index in [-0.39, 0.29) is 30.7 Å². The molecule has 0 aromatic heterocycles. The lowest BCUT2D eigenvalue weighted by atomic mass is 9.93. The molecule has 1 saturated heterocycles. The molecule has 1 N–H and O–H groups in total. The number of carbonyl (C=O) groups excluding carboxylic acids is 3. The van der Waals surface area contributed by atoms with E-state index >= 15 is 0 Å². The van der Waals surface area contributed by atoms with Crippen molar-refractivity contribution in [3.63, 3.8) is 0 Å². The number of fused-ring (bicyclic) bond motifs is 3. The van der Waals surface area contributed by atoms with Crippen LogP contribution in [0.25, 0.3) is 0 Å². The number of carbonyl (C=O) groups is 3. The van der Waals surface area contributed by atoms with Gasteiger partial charge in [0.1, 0.15) is 0 Å². The van der Waals surface area contributed by atoms with Crippen molar-refractivity contribution < 1.29 is 14.4 Å². The molecule has 150 valence electrons. The van der Waals surface area contributed by atoms with Gasteiger partial charge in [-0.25, -0.2) is 0 Å². The molecule has 0 bridgehead atoms. The molecule has 3 amide bonds. The lowest BCUT2D eigenvalue weighted by Gasteiger charge is -2.50. The Morgan fingerprint density at radius 1 is 1.14 bits per heavy atom. The first-order chi connectivity index (χ1) is 13.8. The van der Waals surface area contributed by atoms with E-state index in [0.717, 1.165) is 5.56 Å². The maximum atomic E-state index is 13.7. The molecule has 7 heteroatoms. The number of benzene rings is 2. The van der Waals surface area contributed by atoms with Gasteiger partial charge in [-0.2, -0.15) is 0 Å². The van der Waals surface area contributed by atoms with Gasteiger partial charge in [-0.3, -0.25) is 19.3 Å². The Morgan fingerprint density at radius 2 is 1.86 bits per heavy atom. The fraction of sp³-hybridized carbons (Fsp3) is 0.318. The van der Waals surface area contributed by atoms with Crippen LogP contribution in [-0.4, -0.2) is 34.3 Å². The zero-order chi connectivity index (χ0) is 20.9. The van der Waals surface area contributed by atoms with Crippen molar-refractivity contribution in [2.45, 2.75) is 45.3 Å². The Balaban J connectivity index is 1.88. The van der Waals surface area contributed by atoms with Crippen molar-refractivity contribution in [2.24, 2.45) is 0 Å². The number of nitrogens with zero attached hydrogens (tertiary/aromatic N) is 2. The molecule has 2 heterocycles. The van der Waals surface area contributed by atoms with Gasteiger partial charge in [-0.05, 0) is 50.6 Å². The number of amides is 3. The molecule has 0 radical (unpaired) electrons. The van der Waals surface area contributed by atoms with Crippen LogP contribution in [0.2, 0.25) is 5.02 Å². The summed E-state index contributed by atoms with van der Waals surface area (Å²) in [4.78, 5) is 43.0. The topological polar surface area (TPSA) is 69.7 Å². The molecule has 4 rings (SSSR count). The van der Waals surface area contributed by atoms with Crippen molar-refractivity contribution in [1.82, 2.24) is 4.90 Å². The summed E-state index contributed by atoms with van der Waals surface area (Å²) in [5.41, 5.74) is 0.791. The molecule has 2 aliphatic heterocycles. The Kier molecular flexibility index (Phi) is 4.62. The van der Waals surface area contributed by atoms with Gasteiger partial charge in [-0.1, -0.05) is 29.8 Å². The standard InChI is InChI=1S/C22H22ClN3O3/c1-13(2)25-20(28)15-7-4-5-10-18(15)26-19(27)11-12-22(25,26)21(29)24-17-9-6-8-16(23)14(17)3/h4-10,13H,11-12H2,1-3H3,(H,24,29)/t22-/m1/s1. The average molecular weight is 412 g/mol. The minimum atomic E-state index is -1.41. The van der Waals surface area contributed by atoms with E-state index in [1.165, 1.54) is 9.80 Å². The SMILES string of the molecule is Cc1c(Cl)cccc1NC(=O)[C@@]12CCC(=O)N1c1ccccc1C(=O)N2C(C)C. The van der Waals surface area contributed by atoms with Crippen LogP contribution in [0, 0.1) is 6.92 Å². The van der Waals surface area contributed by atoms with Gasteiger partial charge in [0.25, 0.3) is 11.8 Å². The van der Waals surface area contributed by atoms with Crippen LogP contribution in [-0.2, 0) is 9.59 Å². The van der Waals surface area contributed by atoms with Crippen molar-refractivity contribution in [3.8, 4) is 0 Å². The zero-order valence-corrected chi connectivity index (χ0v) is 17.3. The molecule has 1 fully saturated rings. The van der Waals surface area contributed by atoms with E-state index < -0.39 is 11.6 Å². The molecule has 0 saturated carbocycles. The lowest BCUT2D eigenvalue weighted by Crippen LogP contribution is -2.70. The number of hydrogen-bond donors (Lipinski definition) is 1. The quantitative estimate of drug-likeness (QED) is 0.830. The van der Waals surface area contributed by atoms with Crippen LogP contribution < -0.4 is 10.2 Å². The summed E-state index contributed by atoms with van der Waals surface area (Å²) in [6, 6.07) is 11.9. The summed E-state index contributed by atoms with van der Waals surface area (Å²) in [7, 11) is 0. The molecule has 0 aliphatic carbocycles. The molecule has 1 atom stereocenters. The molecule has 29 heavy (non-hydrogen) atoms. The molecule has 2 aromatic carbocycles. The van der Waals surface area contributed by atoms with Gasteiger partial charge in [0.05, 0.1) is 11.3 Å². The van der Waals surface area contributed by atoms with Crippen LogP contribution >= 0.6 is 11.6 Å². The van der Waals surface area contributed by atoms with Gasteiger partial charge in [0.2, 0.25) is 11.6 Å². The normalized spacial score (nSPS) is 20.7. The summed E-state index contributed by atoms with van der Waals surface area (Å²) < 4.78 is 0. The van der Waals surface area contributed by atoms with Gasteiger partial charge in [0.15, 0.2) is 0 Å². The minimum Gasteiger partial charge on any atom is -0.322 e.